The van der Waals surface area contributed by atoms with E-state index in [9.17, 15) is 4.79 Å². The number of carbonyl (C=O) groups is 1. The van der Waals surface area contributed by atoms with Gasteiger partial charge in [0.2, 0.25) is 17.6 Å². The highest BCUT2D eigenvalue weighted by molar-refractivity contribution is 5.79. The molecule has 0 aliphatic carbocycles. The quantitative estimate of drug-likeness (QED) is 0.602. The highest BCUT2D eigenvalue weighted by atomic mass is 16.5. The van der Waals surface area contributed by atoms with Crippen LogP contribution in [0.3, 0.4) is 0 Å². The molecular weight excluding hydrogens is 410 g/mol. The van der Waals surface area contributed by atoms with E-state index >= 15 is 0 Å². The lowest BCUT2D eigenvalue weighted by atomic mass is 9.95. The standard InChI is InChI=1S/C23H27N5O4/c1-15-26-21(27-32-15)19-5-4-10-24-22(19)28-11-8-16(9-12-28)23(29)25-14-17-13-18(30-2)6-7-20(17)31-3/h4-7,10,13,16H,8-9,11-12,14H2,1-3H3,(H,25,29). The molecule has 9 nitrogen and oxygen atoms in total. The molecule has 1 N–H and O–H groups in total. The molecule has 1 amide bonds. The average Bonchev–Trinajstić information content (AvgIpc) is 3.28. The molecule has 0 radical (unpaired) electrons. The fourth-order valence-electron chi connectivity index (χ4n) is 3.93. The Kier molecular flexibility index (Phi) is 6.53. The summed E-state index contributed by atoms with van der Waals surface area (Å²) >= 11 is 0. The Morgan fingerprint density at radius 2 is 2.03 bits per heavy atom. The summed E-state index contributed by atoms with van der Waals surface area (Å²) in [5.74, 6) is 3.29. The van der Waals surface area contributed by atoms with Gasteiger partial charge in [0.1, 0.15) is 17.3 Å². The molecule has 4 rings (SSSR count). The monoisotopic (exact) mass is 437 g/mol. The zero-order chi connectivity index (χ0) is 22.5. The number of benzene rings is 1. The number of carbonyl (C=O) groups excluding carboxylic acids is 1. The third-order valence-corrected chi connectivity index (χ3v) is 5.66. The van der Waals surface area contributed by atoms with Crippen LogP contribution in [0.5, 0.6) is 11.5 Å². The van der Waals surface area contributed by atoms with Crippen molar-refractivity contribution in [2.75, 3.05) is 32.2 Å². The summed E-state index contributed by atoms with van der Waals surface area (Å²) in [6, 6.07) is 9.35. The lowest BCUT2D eigenvalue weighted by Gasteiger charge is -2.33. The van der Waals surface area contributed by atoms with Crippen LogP contribution in [0.4, 0.5) is 5.82 Å². The number of aromatic nitrogens is 3. The van der Waals surface area contributed by atoms with Crippen LogP contribution in [0.25, 0.3) is 11.4 Å². The minimum atomic E-state index is -0.0533. The third kappa shape index (κ3) is 4.66. The van der Waals surface area contributed by atoms with Gasteiger partial charge in [-0.1, -0.05) is 5.16 Å². The Hall–Kier alpha value is -3.62. The predicted octanol–water partition coefficient (Wildman–Crippen LogP) is 2.99. The van der Waals surface area contributed by atoms with Gasteiger partial charge < -0.3 is 24.2 Å². The van der Waals surface area contributed by atoms with Gasteiger partial charge in [0, 0.05) is 44.2 Å². The van der Waals surface area contributed by atoms with Gasteiger partial charge in [0.25, 0.3) is 0 Å². The number of ether oxygens (including phenoxy) is 2. The molecule has 0 bridgehead atoms. The highest BCUT2D eigenvalue weighted by Gasteiger charge is 2.27. The molecule has 0 saturated carbocycles. The molecule has 1 saturated heterocycles. The first kappa shape index (κ1) is 21.6. The molecular formula is C23H27N5O4. The maximum atomic E-state index is 12.8. The fraction of sp³-hybridized carbons (Fsp3) is 0.391. The smallest absolute Gasteiger partial charge is 0.223 e. The van der Waals surface area contributed by atoms with E-state index in [1.807, 2.05) is 30.3 Å². The van der Waals surface area contributed by atoms with Crippen molar-refractivity contribution in [2.45, 2.75) is 26.3 Å². The molecule has 0 unspecified atom stereocenters. The van der Waals surface area contributed by atoms with Gasteiger partial charge in [0.15, 0.2) is 0 Å². The minimum Gasteiger partial charge on any atom is -0.497 e. The van der Waals surface area contributed by atoms with E-state index in [1.54, 1.807) is 27.3 Å². The number of hydrogen-bond donors (Lipinski definition) is 1. The van der Waals surface area contributed by atoms with Crippen molar-refractivity contribution in [3.8, 4) is 22.9 Å². The molecule has 32 heavy (non-hydrogen) atoms. The van der Waals surface area contributed by atoms with E-state index in [-0.39, 0.29) is 11.8 Å². The van der Waals surface area contributed by atoms with Gasteiger partial charge in [-0.15, -0.1) is 0 Å². The molecule has 1 aliphatic heterocycles. The molecule has 0 atom stereocenters. The lowest BCUT2D eigenvalue weighted by molar-refractivity contribution is -0.125. The van der Waals surface area contributed by atoms with Crippen molar-refractivity contribution < 1.29 is 18.8 Å². The maximum Gasteiger partial charge on any atom is 0.223 e. The molecule has 3 aromatic rings. The van der Waals surface area contributed by atoms with E-state index < -0.39 is 0 Å². The first-order chi connectivity index (χ1) is 15.6. The summed E-state index contributed by atoms with van der Waals surface area (Å²) < 4.78 is 15.8. The van der Waals surface area contributed by atoms with Crippen LogP contribution in [0.15, 0.2) is 41.1 Å². The Morgan fingerprint density at radius 1 is 1.22 bits per heavy atom. The number of methoxy groups -OCH3 is 2. The summed E-state index contributed by atoms with van der Waals surface area (Å²) in [4.78, 5) is 23.9. The number of anilines is 1. The molecule has 2 aromatic heterocycles. The summed E-state index contributed by atoms with van der Waals surface area (Å²) in [5, 5.41) is 7.08. The van der Waals surface area contributed by atoms with Gasteiger partial charge in [-0.2, -0.15) is 4.98 Å². The van der Waals surface area contributed by atoms with Gasteiger partial charge in [-0.05, 0) is 43.2 Å². The van der Waals surface area contributed by atoms with Crippen LogP contribution >= 0.6 is 0 Å². The number of nitrogens with one attached hydrogen (secondary N) is 1. The zero-order valence-corrected chi connectivity index (χ0v) is 18.5. The van der Waals surface area contributed by atoms with Crippen LogP contribution < -0.4 is 19.7 Å². The normalized spacial score (nSPS) is 14.3. The maximum absolute atomic E-state index is 12.8. The van der Waals surface area contributed by atoms with E-state index in [2.05, 4.69) is 25.3 Å². The van der Waals surface area contributed by atoms with Crippen LogP contribution in [0.1, 0.15) is 24.3 Å². The van der Waals surface area contributed by atoms with Crippen LogP contribution in [-0.4, -0.2) is 48.3 Å². The second-order valence-electron chi connectivity index (χ2n) is 7.67. The Labute approximate surface area is 186 Å². The highest BCUT2D eigenvalue weighted by Crippen LogP contribution is 2.30. The largest absolute Gasteiger partial charge is 0.497 e. The Morgan fingerprint density at radius 3 is 2.72 bits per heavy atom. The van der Waals surface area contributed by atoms with Gasteiger partial charge in [0.05, 0.1) is 19.8 Å². The second-order valence-corrected chi connectivity index (χ2v) is 7.67. The summed E-state index contributed by atoms with van der Waals surface area (Å²) in [6.07, 6.45) is 3.23. The second kappa shape index (κ2) is 9.67. The zero-order valence-electron chi connectivity index (χ0n) is 18.5. The molecule has 3 heterocycles. The lowest BCUT2D eigenvalue weighted by Crippen LogP contribution is -2.40. The average molecular weight is 438 g/mol. The van der Waals surface area contributed by atoms with Crippen molar-refractivity contribution in [3.05, 3.63) is 48.0 Å². The van der Waals surface area contributed by atoms with Crippen molar-refractivity contribution in [1.29, 1.82) is 0 Å². The number of piperidine rings is 1. The van der Waals surface area contributed by atoms with Gasteiger partial charge in [-0.25, -0.2) is 4.98 Å². The molecule has 9 heteroatoms. The number of amides is 1. The molecule has 0 spiro atoms. The number of nitrogens with zero attached hydrogens (tertiary/aromatic N) is 4. The van der Waals surface area contributed by atoms with E-state index in [4.69, 9.17) is 14.0 Å². The molecule has 1 fully saturated rings. The Balaban J connectivity index is 1.37. The number of hydrogen-bond acceptors (Lipinski definition) is 8. The van der Waals surface area contributed by atoms with Crippen molar-refractivity contribution in [1.82, 2.24) is 20.4 Å². The third-order valence-electron chi connectivity index (χ3n) is 5.66. The predicted molar refractivity (Wildman–Crippen MR) is 119 cm³/mol. The fourth-order valence-corrected chi connectivity index (χ4v) is 3.93. The van der Waals surface area contributed by atoms with E-state index in [0.29, 0.717) is 18.3 Å². The Bertz CT molecular complexity index is 1080. The van der Waals surface area contributed by atoms with Gasteiger partial charge >= 0.3 is 0 Å². The van der Waals surface area contributed by atoms with Crippen molar-refractivity contribution in [3.63, 3.8) is 0 Å². The summed E-state index contributed by atoms with van der Waals surface area (Å²) in [6.45, 7) is 3.60. The van der Waals surface area contributed by atoms with Crippen molar-refractivity contribution in [2.24, 2.45) is 5.92 Å². The first-order valence-electron chi connectivity index (χ1n) is 10.6. The SMILES string of the molecule is COc1ccc(OC)c(CNC(=O)C2CCN(c3ncccc3-c3noc(C)n3)CC2)c1. The molecule has 1 aromatic carbocycles. The van der Waals surface area contributed by atoms with E-state index in [1.165, 1.54) is 0 Å². The van der Waals surface area contributed by atoms with Crippen LogP contribution in [0, 0.1) is 12.8 Å². The number of pyridine rings is 1. The first-order valence-corrected chi connectivity index (χ1v) is 10.6. The molecule has 168 valence electrons. The van der Waals surface area contributed by atoms with Crippen LogP contribution in [0.2, 0.25) is 0 Å². The number of aryl methyl sites for hydroxylation is 1. The minimum absolute atomic E-state index is 0.0459. The van der Waals surface area contributed by atoms with Crippen LogP contribution in [-0.2, 0) is 11.3 Å². The molecule has 1 aliphatic rings. The number of rotatable bonds is 7. The summed E-state index contributed by atoms with van der Waals surface area (Å²) in [7, 11) is 3.23. The van der Waals surface area contributed by atoms with E-state index in [0.717, 1.165) is 54.4 Å². The van der Waals surface area contributed by atoms with Crippen molar-refractivity contribution >= 4 is 11.7 Å². The van der Waals surface area contributed by atoms with Gasteiger partial charge in [-0.3, -0.25) is 4.79 Å². The topological polar surface area (TPSA) is 103 Å². The summed E-state index contributed by atoms with van der Waals surface area (Å²) in [5.41, 5.74) is 1.71.